The third kappa shape index (κ3) is 1.91. The van der Waals surface area contributed by atoms with Crippen molar-refractivity contribution in [3.8, 4) is 0 Å². The normalized spacial score (nSPS) is 12.6. The number of H-pyrrole nitrogens is 1. The minimum absolute atomic E-state index is 0.0517. The number of carbonyl (C=O) groups excluding carboxylic acids is 1. The van der Waals surface area contributed by atoms with Gasteiger partial charge in [0.05, 0.1) is 17.3 Å². The Bertz CT molecular complexity index is 504. The van der Waals surface area contributed by atoms with Crippen molar-refractivity contribution in [1.82, 2.24) is 15.5 Å². The highest BCUT2D eigenvalue weighted by molar-refractivity contribution is 6.05. The maximum absolute atomic E-state index is 12.0. The van der Waals surface area contributed by atoms with Gasteiger partial charge in [-0.25, -0.2) is 0 Å². The fraction of sp³-hybridized carbons (Fsp3) is 0.333. The molecule has 2 aromatic rings. The molecule has 1 unspecified atom stereocenters. The average molecular weight is 217 g/mol. The van der Waals surface area contributed by atoms with Crippen LogP contribution in [0.25, 0.3) is 10.9 Å². The molecule has 84 valence electrons. The fourth-order valence-electron chi connectivity index (χ4n) is 1.56. The van der Waals surface area contributed by atoms with Crippen LogP contribution >= 0.6 is 0 Å². The highest BCUT2D eigenvalue weighted by Crippen LogP contribution is 2.15. The zero-order chi connectivity index (χ0) is 11.5. The first kappa shape index (κ1) is 10.7. The predicted octanol–water partition coefficient (Wildman–Crippen LogP) is 2.09. The lowest BCUT2D eigenvalue weighted by molar-refractivity contribution is 0.0941. The van der Waals surface area contributed by atoms with E-state index in [1.165, 1.54) is 0 Å². The second-order valence-electron chi connectivity index (χ2n) is 3.92. The minimum atomic E-state index is -0.0517. The molecule has 0 saturated carbocycles. The van der Waals surface area contributed by atoms with E-state index in [2.05, 4.69) is 15.5 Å². The molecule has 0 aliphatic heterocycles. The first-order valence-corrected chi connectivity index (χ1v) is 5.45. The van der Waals surface area contributed by atoms with Gasteiger partial charge in [0.15, 0.2) is 0 Å². The number of aromatic nitrogens is 2. The topological polar surface area (TPSA) is 57.8 Å². The van der Waals surface area contributed by atoms with Gasteiger partial charge >= 0.3 is 0 Å². The van der Waals surface area contributed by atoms with E-state index in [1.54, 1.807) is 12.3 Å². The molecule has 4 nitrogen and oxygen atoms in total. The Morgan fingerprint density at radius 1 is 1.56 bits per heavy atom. The van der Waals surface area contributed by atoms with Crippen LogP contribution in [-0.2, 0) is 0 Å². The van der Waals surface area contributed by atoms with Crippen molar-refractivity contribution >= 4 is 16.8 Å². The summed E-state index contributed by atoms with van der Waals surface area (Å²) < 4.78 is 0. The highest BCUT2D eigenvalue weighted by atomic mass is 16.1. The molecular weight excluding hydrogens is 202 g/mol. The zero-order valence-corrected chi connectivity index (χ0v) is 9.45. The molecule has 1 atom stereocenters. The third-order valence-electron chi connectivity index (χ3n) is 2.71. The van der Waals surface area contributed by atoms with Crippen LogP contribution < -0.4 is 5.32 Å². The van der Waals surface area contributed by atoms with Crippen LogP contribution in [0.15, 0.2) is 24.4 Å². The first-order chi connectivity index (χ1) is 7.72. The summed E-state index contributed by atoms with van der Waals surface area (Å²) >= 11 is 0. The molecule has 0 aliphatic carbocycles. The Balaban J connectivity index is 2.32. The number of fused-ring (bicyclic) bond motifs is 1. The Hall–Kier alpha value is -1.84. The summed E-state index contributed by atoms with van der Waals surface area (Å²) in [6.45, 7) is 4.03. The van der Waals surface area contributed by atoms with Crippen LogP contribution in [-0.4, -0.2) is 22.1 Å². The molecule has 2 N–H and O–H groups in total. The van der Waals surface area contributed by atoms with Gasteiger partial charge in [-0.15, -0.1) is 0 Å². The van der Waals surface area contributed by atoms with Gasteiger partial charge in [0.1, 0.15) is 0 Å². The van der Waals surface area contributed by atoms with Crippen LogP contribution in [0.4, 0.5) is 0 Å². The van der Waals surface area contributed by atoms with Crippen molar-refractivity contribution < 1.29 is 4.79 Å². The molecule has 1 amide bonds. The lowest BCUT2D eigenvalue weighted by Crippen LogP contribution is -2.32. The maximum Gasteiger partial charge on any atom is 0.253 e. The van der Waals surface area contributed by atoms with Crippen molar-refractivity contribution in [3.63, 3.8) is 0 Å². The fourth-order valence-corrected chi connectivity index (χ4v) is 1.56. The number of rotatable bonds is 3. The quantitative estimate of drug-likeness (QED) is 0.827. The number of nitrogens with zero attached hydrogens (tertiary/aromatic N) is 1. The predicted molar refractivity (Wildman–Crippen MR) is 63.3 cm³/mol. The van der Waals surface area contributed by atoms with Crippen LogP contribution in [0.2, 0.25) is 0 Å². The molecule has 0 fully saturated rings. The van der Waals surface area contributed by atoms with E-state index in [0.29, 0.717) is 5.56 Å². The monoisotopic (exact) mass is 217 g/mol. The number of nitrogens with one attached hydrogen (secondary N) is 2. The number of aromatic amines is 1. The van der Waals surface area contributed by atoms with Crippen LogP contribution in [0.3, 0.4) is 0 Å². The number of amides is 1. The minimum Gasteiger partial charge on any atom is -0.350 e. The van der Waals surface area contributed by atoms with Crippen LogP contribution in [0.1, 0.15) is 30.6 Å². The summed E-state index contributed by atoms with van der Waals surface area (Å²) in [5.41, 5.74) is 1.44. The number of para-hydroxylation sites is 1. The number of benzene rings is 1. The molecule has 2 rings (SSSR count). The van der Waals surface area contributed by atoms with E-state index in [9.17, 15) is 4.79 Å². The average Bonchev–Trinajstić information content (AvgIpc) is 2.76. The second kappa shape index (κ2) is 4.35. The molecule has 1 aromatic heterocycles. The van der Waals surface area contributed by atoms with E-state index in [4.69, 9.17) is 0 Å². The molecule has 0 spiro atoms. The maximum atomic E-state index is 12.0. The summed E-state index contributed by atoms with van der Waals surface area (Å²) in [5, 5.41) is 10.7. The van der Waals surface area contributed by atoms with Gasteiger partial charge in [-0.05, 0) is 19.4 Å². The van der Waals surface area contributed by atoms with Gasteiger partial charge in [-0.2, -0.15) is 5.10 Å². The summed E-state index contributed by atoms with van der Waals surface area (Å²) in [5.74, 6) is -0.0517. The number of hydrogen-bond acceptors (Lipinski definition) is 2. The molecule has 4 heteroatoms. The van der Waals surface area contributed by atoms with E-state index in [-0.39, 0.29) is 11.9 Å². The molecule has 1 heterocycles. The van der Waals surface area contributed by atoms with Gasteiger partial charge in [-0.1, -0.05) is 19.1 Å². The lowest BCUT2D eigenvalue weighted by Gasteiger charge is -2.11. The first-order valence-electron chi connectivity index (χ1n) is 5.45. The van der Waals surface area contributed by atoms with Gasteiger partial charge in [0.25, 0.3) is 5.91 Å². The Labute approximate surface area is 94.0 Å². The van der Waals surface area contributed by atoms with Crippen LogP contribution in [0, 0.1) is 0 Å². The molecular formula is C12H15N3O. The van der Waals surface area contributed by atoms with Gasteiger partial charge in [-0.3, -0.25) is 9.89 Å². The summed E-state index contributed by atoms with van der Waals surface area (Å²) in [4.78, 5) is 12.0. The summed E-state index contributed by atoms with van der Waals surface area (Å²) in [6.07, 6.45) is 2.64. The Morgan fingerprint density at radius 3 is 3.12 bits per heavy atom. The van der Waals surface area contributed by atoms with Crippen molar-refractivity contribution in [2.75, 3.05) is 0 Å². The Kier molecular flexibility index (Phi) is 2.90. The summed E-state index contributed by atoms with van der Waals surface area (Å²) in [7, 11) is 0. The molecule has 0 radical (unpaired) electrons. The lowest BCUT2D eigenvalue weighted by atomic mass is 10.1. The van der Waals surface area contributed by atoms with E-state index >= 15 is 0 Å². The molecule has 0 bridgehead atoms. The van der Waals surface area contributed by atoms with Gasteiger partial charge in [0, 0.05) is 11.4 Å². The van der Waals surface area contributed by atoms with Gasteiger partial charge in [0.2, 0.25) is 0 Å². The van der Waals surface area contributed by atoms with Crippen molar-refractivity contribution in [3.05, 3.63) is 30.0 Å². The summed E-state index contributed by atoms with van der Waals surface area (Å²) in [6, 6.07) is 5.78. The van der Waals surface area contributed by atoms with Crippen molar-refractivity contribution in [1.29, 1.82) is 0 Å². The Morgan fingerprint density at radius 2 is 2.38 bits per heavy atom. The second-order valence-corrected chi connectivity index (χ2v) is 3.92. The van der Waals surface area contributed by atoms with E-state index in [0.717, 1.165) is 17.3 Å². The molecule has 1 aromatic carbocycles. The largest absolute Gasteiger partial charge is 0.350 e. The SMILES string of the molecule is CCC(C)NC(=O)c1cccc2cn[nH]c12. The van der Waals surface area contributed by atoms with E-state index in [1.807, 2.05) is 26.0 Å². The standard InChI is InChI=1S/C12H15N3O/c1-3-8(2)14-12(16)10-6-4-5-9-7-13-15-11(9)10/h4-8H,3H2,1-2H3,(H,13,15)(H,14,16). The molecule has 0 saturated heterocycles. The molecule has 16 heavy (non-hydrogen) atoms. The van der Waals surface area contributed by atoms with Crippen molar-refractivity contribution in [2.24, 2.45) is 0 Å². The van der Waals surface area contributed by atoms with Gasteiger partial charge < -0.3 is 5.32 Å². The smallest absolute Gasteiger partial charge is 0.253 e. The van der Waals surface area contributed by atoms with Crippen LogP contribution in [0.5, 0.6) is 0 Å². The third-order valence-corrected chi connectivity index (χ3v) is 2.71. The molecule has 0 aliphatic rings. The zero-order valence-electron chi connectivity index (χ0n) is 9.45. The number of hydrogen-bond donors (Lipinski definition) is 2. The van der Waals surface area contributed by atoms with Crippen molar-refractivity contribution in [2.45, 2.75) is 26.3 Å². The number of carbonyl (C=O) groups is 1. The van der Waals surface area contributed by atoms with E-state index < -0.39 is 0 Å². The highest BCUT2D eigenvalue weighted by Gasteiger charge is 2.12.